The van der Waals surface area contributed by atoms with Gasteiger partial charge in [-0.15, -0.1) is 0 Å². The van der Waals surface area contributed by atoms with Gasteiger partial charge in [0.1, 0.15) is 5.82 Å². The molecule has 1 heterocycles. The molecule has 0 spiro atoms. The first-order valence-electron chi connectivity index (χ1n) is 9.17. The van der Waals surface area contributed by atoms with Gasteiger partial charge in [0.25, 0.3) is 10.0 Å². The van der Waals surface area contributed by atoms with Crippen molar-refractivity contribution in [1.82, 2.24) is 3.97 Å². The molecule has 1 N–H and O–H groups in total. The molecule has 0 aliphatic heterocycles. The second-order valence-electron chi connectivity index (χ2n) is 7.16. The number of nitrogens with zero attached hydrogens (tertiary/aromatic N) is 1. The first-order valence-corrected chi connectivity index (χ1v) is 10.6. The minimum atomic E-state index is -4.72. The summed E-state index contributed by atoms with van der Waals surface area (Å²) in [5.74, 6) is -0.706. The van der Waals surface area contributed by atoms with Crippen LogP contribution in [0.2, 0.25) is 0 Å². The molecule has 0 amide bonds. The topological polar surface area (TPSA) is 59.3 Å². The van der Waals surface area contributed by atoms with E-state index in [0.717, 1.165) is 35.0 Å². The number of alkyl halides is 3. The Morgan fingerprint density at radius 3 is 2.37 bits per heavy atom. The summed E-state index contributed by atoms with van der Waals surface area (Å²) >= 11 is 0. The highest BCUT2D eigenvalue weighted by atomic mass is 32.2. The van der Waals surface area contributed by atoms with Crippen molar-refractivity contribution in [2.75, 3.05) is 0 Å². The molecular weight excluding hydrogens is 422 g/mol. The molecule has 0 unspecified atom stereocenters. The van der Waals surface area contributed by atoms with Crippen LogP contribution >= 0.6 is 0 Å². The Balaban J connectivity index is 1.98. The largest absolute Gasteiger partial charge is 0.416 e. The van der Waals surface area contributed by atoms with Gasteiger partial charge in [-0.05, 0) is 54.7 Å². The van der Waals surface area contributed by atoms with Crippen LogP contribution in [0.5, 0.6) is 0 Å². The molecule has 1 aliphatic rings. The van der Waals surface area contributed by atoms with E-state index in [-0.39, 0.29) is 17.2 Å². The summed E-state index contributed by atoms with van der Waals surface area (Å²) in [5, 5.41) is 9.79. The van der Waals surface area contributed by atoms with Gasteiger partial charge in [0.15, 0.2) is 0 Å². The molecule has 9 heteroatoms. The SMILES string of the molecule is O=S(=O)(c1cccc(C(F)(F)F)c1)n1cc(CO)c(C2CC2)c1-c1ccccc1F. The van der Waals surface area contributed by atoms with Gasteiger partial charge in [0.2, 0.25) is 0 Å². The van der Waals surface area contributed by atoms with Crippen LogP contribution < -0.4 is 0 Å². The summed E-state index contributed by atoms with van der Waals surface area (Å²) in [5.41, 5.74) is -0.232. The van der Waals surface area contributed by atoms with E-state index in [1.165, 1.54) is 24.4 Å². The Labute approximate surface area is 170 Å². The molecule has 30 heavy (non-hydrogen) atoms. The Hall–Kier alpha value is -2.65. The Morgan fingerprint density at radius 2 is 1.77 bits per heavy atom. The molecule has 4 rings (SSSR count). The molecule has 2 aromatic carbocycles. The van der Waals surface area contributed by atoms with Crippen molar-refractivity contribution in [3.8, 4) is 11.3 Å². The third-order valence-corrected chi connectivity index (χ3v) is 6.75. The molecule has 158 valence electrons. The summed E-state index contributed by atoms with van der Waals surface area (Å²) < 4.78 is 81.4. The summed E-state index contributed by atoms with van der Waals surface area (Å²) in [6, 6.07) is 8.99. The van der Waals surface area contributed by atoms with Gasteiger partial charge in [0.05, 0.1) is 22.8 Å². The van der Waals surface area contributed by atoms with Crippen LogP contribution in [-0.4, -0.2) is 17.5 Å². The molecule has 0 radical (unpaired) electrons. The lowest BCUT2D eigenvalue weighted by Gasteiger charge is -2.14. The lowest BCUT2D eigenvalue weighted by molar-refractivity contribution is -0.137. The van der Waals surface area contributed by atoms with Gasteiger partial charge in [0, 0.05) is 17.3 Å². The van der Waals surface area contributed by atoms with Gasteiger partial charge in [-0.3, -0.25) is 0 Å². The lowest BCUT2D eigenvalue weighted by atomic mass is 10.0. The van der Waals surface area contributed by atoms with E-state index < -0.39 is 39.1 Å². The molecule has 0 bridgehead atoms. The third kappa shape index (κ3) is 3.52. The number of hydrogen-bond acceptors (Lipinski definition) is 3. The van der Waals surface area contributed by atoms with E-state index >= 15 is 0 Å². The summed E-state index contributed by atoms with van der Waals surface area (Å²) in [7, 11) is -4.50. The monoisotopic (exact) mass is 439 g/mol. The summed E-state index contributed by atoms with van der Waals surface area (Å²) in [6.45, 7) is -0.474. The van der Waals surface area contributed by atoms with Gasteiger partial charge >= 0.3 is 6.18 Å². The normalized spacial score (nSPS) is 14.8. The van der Waals surface area contributed by atoms with Gasteiger partial charge < -0.3 is 5.11 Å². The number of rotatable bonds is 5. The summed E-state index contributed by atoms with van der Waals surface area (Å²) in [6.07, 6.45) is -2.04. The second kappa shape index (κ2) is 7.24. The smallest absolute Gasteiger partial charge is 0.392 e. The van der Waals surface area contributed by atoms with E-state index in [0.29, 0.717) is 17.2 Å². The lowest BCUT2D eigenvalue weighted by Crippen LogP contribution is -2.15. The van der Waals surface area contributed by atoms with E-state index in [2.05, 4.69) is 0 Å². The molecule has 3 aromatic rings. The van der Waals surface area contributed by atoms with Gasteiger partial charge in [-0.25, -0.2) is 16.8 Å². The molecule has 0 saturated heterocycles. The number of aliphatic hydroxyl groups is 1. The maximum absolute atomic E-state index is 14.6. The van der Waals surface area contributed by atoms with Crippen molar-refractivity contribution in [2.24, 2.45) is 0 Å². The third-order valence-electron chi connectivity index (χ3n) is 5.10. The number of benzene rings is 2. The van der Waals surface area contributed by atoms with Crippen LogP contribution in [0, 0.1) is 5.82 Å². The van der Waals surface area contributed by atoms with Crippen molar-refractivity contribution in [1.29, 1.82) is 0 Å². The van der Waals surface area contributed by atoms with Crippen LogP contribution in [0.3, 0.4) is 0 Å². The van der Waals surface area contributed by atoms with Crippen molar-refractivity contribution >= 4 is 10.0 Å². The van der Waals surface area contributed by atoms with Crippen molar-refractivity contribution in [2.45, 2.75) is 36.4 Å². The quantitative estimate of drug-likeness (QED) is 0.574. The molecule has 1 aromatic heterocycles. The predicted octanol–water partition coefficient (Wildman–Crippen LogP) is 4.92. The average molecular weight is 439 g/mol. The molecule has 4 nitrogen and oxygen atoms in total. The fourth-order valence-corrected chi connectivity index (χ4v) is 5.01. The first-order chi connectivity index (χ1) is 14.1. The molecule has 0 atom stereocenters. The van der Waals surface area contributed by atoms with Crippen LogP contribution in [0.4, 0.5) is 17.6 Å². The number of hydrogen-bond donors (Lipinski definition) is 1. The first kappa shape index (κ1) is 20.6. The fourth-order valence-electron chi connectivity index (χ4n) is 3.55. The average Bonchev–Trinajstić information content (AvgIpc) is 3.47. The van der Waals surface area contributed by atoms with Crippen molar-refractivity contribution in [3.63, 3.8) is 0 Å². The molecule has 1 fully saturated rings. The minimum absolute atomic E-state index is 0.00894. The zero-order chi connectivity index (χ0) is 21.7. The van der Waals surface area contributed by atoms with Crippen LogP contribution in [0.25, 0.3) is 11.3 Å². The van der Waals surface area contributed by atoms with Gasteiger partial charge in [-0.2, -0.15) is 13.2 Å². The van der Waals surface area contributed by atoms with E-state index in [1.807, 2.05) is 0 Å². The van der Waals surface area contributed by atoms with E-state index in [1.54, 1.807) is 6.07 Å². The number of halogens is 4. The second-order valence-corrected chi connectivity index (χ2v) is 8.97. The Morgan fingerprint density at radius 1 is 1.07 bits per heavy atom. The predicted molar refractivity (Wildman–Crippen MR) is 102 cm³/mol. The van der Waals surface area contributed by atoms with E-state index in [4.69, 9.17) is 0 Å². The van der Waals surface area contributed by atoms with Crippen LogP contribution in [0.15, 0.2) is 59.6 Å². The number of aromatic nitrogens is 1. The highest BCUT2D eigenvalue weighted by Gasteiger charge is 2.36. The van der Waals surface area contributed by atoms with Gasteiger partial charge in [-0.1, -0.05) is 18.2 Å². The molecule has 1 aliphatic carbocycles. The zero-order valence-corrected chi connectivity index (χ0v) is 16.3. The Bertz CT molecular complexity index is 1210. The van der Waals surface area contributed by atoms with Crippen LogP contribution in [0.1, 0.15) is 35.4 Å². The van der Waals surface area contributed by atoms with Crippen molar-refractivity contribution in [3.05, 3.63) is 77.2 Å². The zero-order valence-electron chi connectivity index (χ0n) is 15.5. The van der Waals surface area contributed by atoms with Crippen LogP contribution in [-0.2, 0) is 22.8 Å². The molecular formula is C21H17F4NO3S. The Kier molecular flexibility index (Phi) is 4.98. The minimum Gasteiger partial charge on any atom is -0.392 e. The number of aliphatic hydroxyl groups excluding tert-OH is 1. The molecule has 1 saturated carbocycles. The fraction of sp³-hybridized carbons (Fsp3) is 0.238. The van der Waals surface area contributed by atoms with E-state index in [9.17, 15) is 31.1 Å². The van der Waals surface area contributed by atoms with Crippen molar-refractivity contribution < 1.29 is 31.1 Å². The maximum Gasteiger partial charge on any atom is 0.416 e. The highest BCUT2D eigenvalue weighted by molar-refractivity contribution is 7.90. The summed E-state index contributed by atoms with van der Waals surface area (Å²) in [4.78, 5) is -0.572. The standard InChI is InChI=1S/C21H17F4NO3S/c22-18-7-2-1-6-17(18)20-19(13-8-9-13)14(12-27)11-26(20)30(28,29)16-5-3-4-15(10-16)21(23,24)25/h1-7,10-11,13,27H,8-9,12H2. The highest BCUT2D eigenvalue weighted by Crippen LogP contribution is 2.48. The maximum atomic E-state index is 14.6.